The maximum Gasteiger partial charge on any atom is 0.253 e. The van der Waals surface area contributed by atoms with Gasteiger partial charge in [0.1, 0.15) is 0 Å². The monoisotopic (exact) mass is 359 g/mol. The summed E-state index contributed by atoms with van der Waals surface area (Å²) in [4.78, 5) is 12.7. The van der Waals surface area contributed by atoms with Crippen molar-refractivity contribution < 1.29 is 13.2 Å². The van der Waals surface area contributed by atoms with E-state index in [0.29, 0.717) is 11.3 Å². The van der Waals surface area contributed by atoms with E-state index >= 15 is 0 Å². The second-order valence-corrected chi connectivity index (χ2v) is 8.04. The molecule has 6 nitrogen and oxygen atoms in total. The first-order valence-electron chi connectivity index (χ1n) is 8.09. The highest BCUT2D eigenvalue weighted by Crippen LogP contribution is 2.31. The lowest BCUT2D eigenvalue weighted by atomic mass is 9.87. The minimum Gasteiger partial charge on any atom is -0.399 e. The molecule has 132 valence electrons. The lowest BCUT2D eigenvalue weighted by Gasteiger charge is -2.27. The average molecular weight is 359 g/mol. The van der Waals surface area contributed by atoms with Crippen LogP contribution in [0.15, 0.2) is 42.5 Å². The molecule has 1 aliphatic rings. The molecule has 0 spiro atoms. The number of carbonyl (C=O) groups is 1. The molecule has 2 aromatic carbocycles. The predicted molar refractivity (Wildman–Crippen MR) is 98.9 cm³/mol. The lowest BCUT2D eigenvalue weighted by Crippen LogP contribution is -2.31. The fourth-order valence-electron chi connectivity index (χ4n) is 3.19. The van der Waals surface area contributed by atoms with Crippen molar-refractivity contribution in [1.29, 1.82) is 0 Å². The number of benzene rings is 2. The number of hydrogen-bond acceptors (Lipinski definition) is 4. The number of nitrogen functional groups attached to an aromatic ring is 1. The van der Waals surface area contributed by atoms with E-state index in [9.17, 15) is 13.2 Å². The normalized spacial score (nSPS) is 16.8. The van der Waals surface area contributed by atoms with E-state index in [4.69, 9.17) is 5.73 Å². The van der Waals surface area contributed by atoms with Crippen molar-refractivity contribution in [3.63, 3.8) is 0 Å². The Balaban J connectivity index is 1.85. The number of carbonyl (C=O) groups excluding carboxylic acids is 1. The van der Waals surface area contributed by atoms with Gasteiger partial charge in [0.05, 0.1) is 23.5 Å². The molecular formula is C18H21N3O3S. The van der Waals surface area contributed by atoms with Crippen molar-refractivity contribution in [3.05, 3.63) is 59.2 Å². The summed E-state index contributed by atoms with van der Waals surface area (Å²) in [6.45, 7) is 0. The van der Waals surface area contributed by atoms with Crippen LogP contribution < -0.4 is 15.8 Å². The largest absolute Gasteiger partial charge is 0.399 e. The van der Waals surface area contributed by atoms with Crippen molar-refractivity contribution in [2.75, 3.05) is 16.7 Å². The molecule has 1 aliphatic carbocycles. The number of nitrogens with two attached hydrogens (primary N) is 1. The molecule has 1 atom stereocenters. The maximum absolute atomic E-state index is 12.7. The van der Waals surface area contributed by atoms with Gasteiger partial charge in [0.15, 0.2) is 0 Å². The van der Waals surface area contributed by atoms with Crippen LogP contribution in [0, 0.1) is 0 Å². The highest BCUT2D eigenvalue weighted by Gasteiger charge is 2.23. The Kier molecular flexibility index (Phi) is 4.67. The van der Waals surface area contributed by atoms with Crippen LogP contribution in [0.4, 0.5) is 11.4 Å². The minimum atomic E-state index is -3.46. The molecule has 0 saturated heterocycles. The summed E-state index contributed by atoms with van der Waals surface area (Å²) in [5.41, 5.74) is 9.36. The quantitative estimate of drug-likeness (QED) is 0.730. The van der Waals surface area contributed by atoms with E-state index < -0.39 is 10.0 Å². The van der Waals surface area contributed by atoms with Crippen molar-refractivity contribution in [2.45, 2.75) is 25.3 Å². The highest BCUT2D eigenvalue weighted by molar-refractivity contribution is 7.92. The molecule has 7 heteroatoms. The van der Waals surface area contributed by atoms with E-state index in [1.165, 1.54) is 0 Å². The fraction of sp³-hybridized carbons (Fsp3) is 0.278. The summed E-state index contributed by atoms with van der Waals surface area (Å²) < 4.78 is 25.4. The molecule has 1 unspecified atom stereocenters. The average Bonchev–Trinajstić information content (AvgIpc) is 2.53. The Labute approximate surface area is 147 Å². The second kappa shape index (κ2) is 6.76. The van der Waals surface area contributed by atoms with E-state index in [2.05, 4.69) is 10.0 Å². The van der Waals surface area contributed by atoms with Gasteiger partial charge in [-0.05, 0) is 54.7 Å². The van der Waals surface area contributed by atoms with Crippen molar-refractivity contribution in [3.8, 4) is 0 Å². The van der Waals surface area contributed by atoms with E-state index in [1.54, 1.807) is 24.3 Å². The topological polar surface area (TPSA) is 101 Å². The Bertz CT molecular complexity index is 910. The van der Waals surface area contributed by atoms with E-state index in [0.717, 1.165) is 36.6 Å². The Morgan fingerprint density at radius 1 is 1.20 bits per heavy atom. The number of amides is 1. The molecule has 1 amide bonds. The molecular weight excluding hydrogens is 338 g/mol. The molecule has 3 rings (SSSR count). The van der Waals surface area contributed by atoms with Crippen molar-refractivity contribution in [1.82, 2.24) is 5.32 Å². The molecule has 0 fully saturated rings. The van der Waals surface area contributed by atoms with Gasteiger partial charge in [0.2, 0.25) is 10.0 Å². The molecule has 4 N–H and O–H groups in total. The van der Waals surface area contributed by atoms with Crippen LogP contribution in [0.25, 0.3) is 0 Å². The first-order chi connectivity index (χ1) is 11.8. The van der Waals surface area contributed by atoms with Gasteiger partial charge < -0.3 is 11.1 Å². The number of nitrogens with one attached hydrogen (secondary N) is 2. The number of fused-ring (bicyclic) bond motifs is 1. The molecule has 0 heterocycles. The van der Waals surface area contributed by atoms with E-state index in [-0.39, 0.29) is 17.6 Å². The lowest BCUT2D eigenvalue weighted by molar-refractivity contribution is 0.0933. The zero-order valence-corrected chi connectivity index (χ0v) is 14.8. The standard InChI is InChI=1S/C18H21N3O3S/c1-25(23,24)21-17-7-3-2-6-15(17)18(22)20-16-8-4-5-12-11-13(19)9-10-14(12)16/h2-3,6-7,9-11,16,21H,4-5,8,19H2,1H3,(H,20,22). The SMILES string of the molecule is CS(=O)(=O)Nc1ccccc1C(=O)NC1CCCc2cc(N)ccc21. The fourth-order valence-corrected chi connectivity index (χ4v) is 3.77. The van der Waals surface area contributed by atoms with Crippen LogP contribution in [0.5, 0.6) is 0 Å². The number of hydrogen-bond donors (Lipinski definition) is 3. The Morgan fingerprint density at radius 2 is 1.96 bits per heavy atom. The summed E-state index contributed by atoms with van der Waals surface area (Å²) in [7, 11) is -3.46. The second-order valence-electron chi connectivity index (χ2n) is 6.30. The summed E-state index contributed by atoms with van der Waals surface area (Å²) in [6.07, 6.45) is 3.80. The predicted octanol–water partition coefficient (Wildman–Crippen LogP) is 2.45. The molecule has 0 aromatic heterocycles. The molecule has 0 saturated carbocycles. The molecule has 0 bridgehead atoms. The molecule has 0 radical (unpaired) electrons. The van der Waals surface area contributed by atoms with Crippen LogP contribution in [-0.2, 0) is 16.4 Å². The van der Waals surface area contributed by atoms with Crippen molar-refractivity contribution in [2.24, 2.45) is 0 Å². The van der Waals surface area contributed by atoms with E-state index in [1.807, 2.05) is 18.2 Å². The number of para-hydroxylation sites is 1. The minimum absolute atomic E-state index is 0.108. The first-order valence-corrected chi connectivity index (χ1v) is 9.98. The third-order valence-corrected chi connectivity index (χ3v) is 4.84. The summed E-state index contributed by atoms with van der Waals surface area (Å²) in [5.74, 6) is -0.304. The van der Waals surface area contributed by atoms with Gasteiger partial charge in [0.25, 0.3) is 5.91 Å². The highest BCUT2D eigenvalue weighted by atomic mass is 32.2. The maximum atomic E-state index is 12.7. The summed E-state index contributed by atoms with van der Waals surface area (Å²) >= 11 is 0. The number of anilines is 2. The molecule has 2 aromatic rings. The van der Waals surface area contributed by atoms with Gasteiger partial charge in [-0.2, -0.15) is 0 Å². The van der Waals surface area contributed by atoms with Crippen LogP contribution in [0.3, 0.4) is 0 Å². The Morgan fingerprint density at radius 3 is 2.72 bits per heavy atom. The number of aryl methyl sites for hydroxylation is 1. The van der Waals surface area contributed by atoms with Gasteiger partial charge >= 0.3 is 0 Å². The smallest absolute Gasteiger partial charge is 0.253 e. The molecule has 25 heavy (non-hydrogen) atoms. The van der Waals surface area contributed by atoms with Gasteiger partial charge in [-0.25, -0.2) is 8.42 Å². The first kappa shape index (κ1) is 17.3. The zero-order chi connectivity index (χ0) is 18.0. The third kappa shape index (κ3) is 4.11. The zero-order valence-electron chi connectivity index (χ0n) is 14.0. The van der Waals surface area contributed by atoms with Crippen LogP contribution in [0.2, 0.25) is 0 Å². The van der Waals surface area contributed by atoms with Crippen LogP contribution in [0.1, 0.15) is 40.4 Å². The van der Waals surface area contributed by atoms with Gasteiger partial charge in [-0.15, -0.1) is 0 Å². The summed E-state index contributed by atoms with van der Waals surface area (Å²) in [5, 5.41) is 3.02. The van der Waals surface area contributed by atoms with Crippen molar-refractivity contribution >= 4 is 27.3 Å². The van der Waals surface area contributed by atoms with Gasteiger partial charge in [-0.3, -0.25) is 9.52 Å². The van der Waals surface area contributed by atoms with Gasteiger partial charge in [-0.1, -0.05) is 18.2 Å². The van der Waals surface area contributed by atoms with Crippen LogP contribution >= 0.6 is 0 Å². The van der Waals surface area contributed by atoms with Gasteiger partial charge in [0, 0.05) is 5.69 Å². The summed E-state index contributed by atoms with van der Waals surface area (Å²) in [6, 6.07) is 12.2. The third-order valence-electron chi connectivity index (χ3n) is 4.25. The van der Waals surface area contributed by atoms with Crippen LogP contribution in [-0.4, -0.2) is 20.6 Å². The Hall–Kier alpha value is -2.54. The molecule has 0 aliphatic heterocycles. The number of rotatable bonds is 4. The number of sulfonamides is 1.